The van der Waals surface area contributed by atoms with Crippen molar-refractivity contribution in [3.05, 3.63) is 12.1 Å². The number of amides is 1. The van der Waals surface area contributed by atoms with E-state index < -0.39 is 0 Å². The van der Waals surface area contributed by atoms with Gasteiger partial charge < -0.3 is 19.3 Å². The van der Waals surface area contributed by atoms with Gasteiger partial charge in [0.05, 0.1) is 6.61 Å². The van der Waals surface area contributed by atoms with Crippen LogP contribution in [0.2, 0.25) is 0 Å². The molecule has 0 aliphatic carbocycles. The zero-order valence-corrected chi connectivity index (χ0v) is 13.5. The molecule has 122 valence electrons. The molecule has 0 N–H and O–H groups in total. The lowest BCUT2D eigenvalue weighted by atomic mass is 10.1. The van der Waals surface area contributed by atoms with E-state index in [1.54, 1.807) is 7.11 Å². The number of ether oxygens (including phenoxy) is 2. The number of nitrogens with zero attached hydrogens (tertiary/aromatic N) is 4. The summed E-state index contributed by atoms with van der Waals surface area (Å²) in [5.74, 6) is 1.58. The van der Waals surface area contributed by atoms with E-state index >= 15 is 0 Å². The van der Waals surface area contributed by atoms with Gasteiger partial charge in [0, 0.05) is 45.3 Å². The highest BCUT2D eigenvalue weighted by Crippen LogP contribution is 2.16. The van der Waals surface area contributed by atoms with Gasteiger partial charge in [0.25, 0.3) is 0 Å². The highest BCUT2D eigenvalue weighted by Gasteiger charge is 2.23. The summed E-state index contributed by atoms with van der Waals surface area (Å²) in [6.45, 7) is 7.85. The summed E-state index contributed by atoms with van der Waals surface area (Å²) in [4.78, 5) is 16.0. The van der Waals surface area contributed by atoms with Gasteiger partial charge in [-0.3, -0.25) is 4.79 Å². The minimum Gasteiger partial charge on any atom is -0.474 e. The standard InChI is InChI=1S/C15H24N4O3/c1-12(2)15(20)19-8-6-18(7-9-19)13-4-5-14(17-16-13)22-11-10-21-3/h4-5,12H,6-11H2,1-3H3. The van der Waals surface area contributed by atoms with Gasteiger partial charge in [0.1, 0.15) is 6.61 Å². The van der Waals surface area contributed by atoms with Crippen molar-refractivity contribution < 1.29 is 14.3 Å². The smallest absolute Gasteiger partial charge is 0.233 e. The second-order valence-corrected chi connectivity index (χ2v) is 5.54. The number of carbonyl (C=O) groups excluding carboxylic acids is 1. The monoisotopic (exact) mass is 308 g/mol. The third-order valence-electron chi connectivity index (χ3n) is 3.57. The highest BCUT2D eigenvalue weighted by molar-refractivity contribution is 5.78. The van der Waals surface area contributed by atoms with Crippen LogP contribution < -0.4 is 9.64 Å². The molecular formula is C15H24N4O3. The van der Waals surface area contributed by atoms with Gasteiger partial charge in [0.2, 0.25) is 11.8 Å². The van der Waals surface area contributed by atoms with Crippen LogP contribution in [0.25, 0.3) is 0 Å². The number of hydrogen-bond acceptors (Lipinski definition) is 6. The quantitative estimate of drug-likeness (QED) is 0.724. The fourth-order valence-corrected chi connectivity index (χ4v) is 2.31. The Morgan fingerprint density at radius 1 is 1.18 bits per heavy atom. The van der Waals surface area contributed by atoms with E-state index in [4.69, 9.17) is 9.47 Å². The van der Waals surface area contributed by atoms with Gasteiger partial charge >= 0.3 is 0 Å². The average Bonchev–Trinajstić information content (AvgIpc) is 2.55. The predicted octanol–water partition coefficient (Wildman–Crippen LogP) is 0.806. The second kappa shape index (κ2) is 7.93. The van der Waals surface area contributed by atoms with E-state index in [0.29, 0.717) is 19.1 Å². The Hall–Kier alpha value is -1.89. The summed E-state index contributed by atoms with van der Waals surface area (Å²) in [6, 6.07) is 3.71. The maximum Gasteiger partial charge on any atom is 0.233 e. The lowest BCUT2D eigenvalue weighted by Crippen LogP contribution is -2.50. The van der Waals surface area contributed by atoms with Gasteiger partial charge in [-0.05, 0) is 6.07 Å². The number of methoxy groups -OCH3 is 1. The van der Waals surface area contributed by atoms with E-state index in [9.17, 15) is 4.79 Å². The predicted molar refractivity (Wildman–Crippen MR) is 83.0 cm³/mol. The first-order valence-electron chi connectivity index (χ1n) is 7.61. The molecule has 1 aliphatic rings. The van der Waals surface area contributed by atoms with Crippen LogP contribution >= 0.6 is 0 Å². The lowest BCUT2D eigenvalue weighted by molar-refractivity contribution is -0.134. The fourth-order valence-electron chi connectivity index (χ4n) is 2.31. The summed E-state index contributed by atoms with van der Waals surface area (Å²) in [7, 11) is 1.63. The molecule has 0 aromatic carbocycles. The number of rotatable bonds is 6. The van der Waals surface area contributed by atoms with Crippen LogP contribution in [-0.2, 0) is 9.53 Å². The molecule has 22 heavy (non-hydrogen) atoms. The Balaban J connectivity index is 1.85. The Morgan fingerprint density at radius 3 is 2.45 bits per heavy atom. The van der Waals surface area contributed by atoms with E-state index in [2.05, 4.69) is 15.1 Å². The maximum absolute atomic E-state index is 12.0. The van der Waals surface area contributed by atoms with Crippen molar-refractivity contribution in [3.8, 4) is 5.88 Å². The molecule has 1 fully saturated rings. The van der Waals surface area contributed by atoms with Gasteiger partial charge in [-0.2, -0.15) is 0 Å². The molecule has 1 aliphatic heterocycles. The summed E-state index contributed by atoms with van der Waals surface area (Å²) in [5, 5.41) is 8.25. The summed E-state index contributed by atoms with van der Waals surface area (Å²) in [6.07, 6.45) is 0. The van der Waals surface area contributed by atoms with Crippen LogP contribution in [-0.4, -0.2) is 67.5 Å². The van der Waals surface area contributed by atoms with Gasteiger partial charge in [-0.1, -0.05) is 13.8 Å². The first kappa shape index (κ1) is 16.5. The third-order valence-corrected chi connectivity index (χ3v) is 3.57. The number of carbonyl (C=O) groups is 1. The Labute approximate surface area is 131 Å². The van der Waals surface area contributed by atoms with Crippen molar-refractivity contribution in [2.24, 2.45) is 5.92 Å². The highest BCUT2D eigenvalue weighted by atomic mass is 16.5. The zero-order chi connectivity index (χ0) is 15.9. The number of piperazine rings is 1. The largest absolute Gasteiger partial charge is 0.474 e. The first-order chi connectivity index (χ1) is 10.6. The normalized spacial score (nSPS) is 15.3. The summed E-state index contributed by atoms with van der Waals surface area (Å²) >= 11 is 0. The number of aromatic nitrogens is 2. The van der Waals surface area contributed by atoms with E-state index in [1.807, 2.05) is 30.9 Å². The minimum absolute atomic E-state index is 0.0508. The molecule has 1 saturated heterocycles. The summed E-state index contributed by atoms with van der Waals surface area (Å²) in [5.41, 5.74) is 0. The summed E-state index contributed by atoms with van der Waals surface area (Å²) < 4.78 is 10.3. The van der Waals surface area contributed by atoms with Crippen molar-refractivity contribution in [1.82, 2.24) is 15.1 Å². The molecule has 2 heterocycles. The molecule has 0 atom stereocenters. The molecule has 1 aromatic rings. The number of anilines is 1. The van der Waals surface area contributed by atoms with Gasteiger partial charge in [-0.25, -0.2) is 0 Å². The molecule has 7 heteroatoms. The topological polar surface area (TPSA) is 67.8 Å². The minimum atomic E-state index is 0.0508. The van der Waals surface area contributed by atoms with Crippen molar-refractivity contribution in [2.45, 2.75) is 13.8 Å². The van der Waals surface area contributed by atoms with E-state index in [0.717, 1.165) is 32.0 Å². The van der Waals surface area contributed by atoms with Crippen molar-refractivity contribution in [3.63, 3.8) is 0 Å². The van der Waals surface area contributed by atoms with E-state index in [1.165, 1.54) is 0 Å². The SMILES string of the molecule is COCCOc1ccc(N2CCN(C(=O)C(C)C)CC2)nn1. The molecule has 0 saturated carbocycles. The van der Waals surface area contributed by atoms with Crippen molar-refractivity contribution in [2.75, 3.05) is 51.4 Å². The van der Waals surface area contributed by atoms with Crippen LogP contribution in [0, 0.1) is 5.92 Å². The number of hydrogen-bond donors (Lipinski definition) is 0. The molecule has 0 radical (unpaired) electrons. The van der Waals surface area contributed by atoms with Crippen molar-refractivity contribution in [1.29, 1.82) is 0 Å². The fraction of sp³-hybridized carbons (Fsp3) is 0.667. The second-order valence-electron chi connectivity index (χ2n) is 5.54. The Morgan fingerprint density at radius 2 is 1.91 bits per heavy atom. The van der Waals surface area contributed by atoms with Gasteiger partial charge in [0.15, 0.2) is 5.82 Å². The van der Waals surface area contributed by atoms with Crippen LogP contribution in [0.5, 0.6) is 5.88 Å². The zero-order valence-electron chi connectivity index (χ0n) is 13.5. The first-order valence-corrected chi connectivity index (χ1v) is 7.61. The Kier molecular flexibility index (Phi) is 5.94. The molecular weight excluding hydrogens is 284 g/mol. The van der Waals surface area contributed by atoms with Gasteiger partial charge in [-0.15, -0.1) is 10.2 Å². The molecule has 0 unspecified atom stereocenters. The third kappa shape index (κ3) is 4.30. The van der Waals surface area contributed by atoms with Crippen LogP contribution in [0.4, 0.5) is 5.82 Å². The van der Waals surface area contributed by atoms with Crippen molar-refractivity contribution >= 4 is 11.7 Å². The molecule has 0 bridgehead atoms. The van der Waals surface area contributed by atoms with Crippen LogP contribution in [0.1, 0.15) is 13.8 Å². The average molecular weight is 308 g/mol. The molecule has 0 spiro atoms. The molecule has 7 nitrogen and oxygen atoms in total. The molecule has 2 rings (SSSR count). The Bertz CT molecular complexity index is 470. The molecule has 1 aromatic heterocycles. The lowest BCUT2D eigenvalue weighted by Gasteiger charge is -2.36. The molecule has 1 amide bonds. The maximum atomic E-state index is 12.0. The van der Waals surface area contributed by atoms with E-state index in [-0.39, 0.29) is 11.8 Å². The van der Waals surface area contributed by atoms with Crippen LogP contribution in [0.3, 0.4) is 0 Å². The van der Waals surface area contributed by atoms with Crippen LogP contribution in [0.15, 0.2) is 12.1 Å².